The molecule has 150 valence electrons. The van der Waals surface area contributed by atoms with Crippen molar-refractivity contribution in [3.05, 3.63) is 63.9 Å². The van der Waals surface area contributed by atoms with Crippen molar-refractivity contribution in [3.8, 4) is 0 Å². The number of para-hydroxylation sites is 1. The molecule has 2 amide bonds. The molecule has 7 heteroatoms. The molecule has 0 atom stereocenters. The van der Waals surface area contributed by atoms with Gasteiger partial charge in [-0.1, -0.05) is 35.9 Å². The van der Waals surface area contributed by atoms with Crippen LogP contribution in [-0.4, -0.2) is 48.8 Å². The summed E-state index contributed by atoms with van der Waals surface area (Å²) in [6, 6.07) is 10.2. The average molecular weight is 406 g/mol. The average Bonchev–Trinajstić information content (AvgIpc) is 2.61. The minimum absolute atomic E-state index is 0.0395. The molecule has 0 saturated heterocycles. The Morgan fingerprint density at radius 3 is 2.25 bits per heavy atom. The number of halogens is 2. The van der Waals surface area contributed by atoms with Crippen molar-refractivity contribution in [2.24, 2.45) is 0 Å². The first-order valence-electron chi connectivity index (χ1n) is 8.90. The van der Waals surface area contributed by atoms with Gasteiger partial charge in [0, 0.05) is 29.9 Å². The number of nitrogens with zero attached hydrogens (tertiary/aromatic N) is 2. The third-order valence-corrected chi connectivity index (χ3v) is 4.80. The van der Waals surface area contributed by atoms with Crippen LogP contribution in [0.5, 0.6) is 0 Å². The van der Waals surface area contributed by atoms with Gasteiger partial charge in [-0.3, -0.25) is 14.5 Å². The molecular formula is C21H25ClFN3O2. The van der Waals surface area contributed by atoms with Gasteiger partial charge in [-0.15, -0.1) is 0 Å². The maximum Gasteiger partial charge on any atom is 0.243 e. The molecule has 2 rings (SSSR count). The fourth-order valence-electron chi connectivity index (χ4n) is 2.85. The number of hydrogen-bond acceptors (Lipinski definition) is 3. The summed E-state index contributed by atoms with van der Waals surface area (Å²) in [5, 5.41) is 3.18. The van der Waals surface area contributed by atoms with E-state index in [0.29, 0.717) is 10.6 Å². The number of likely N-dealkylation sites (N-methyl/N-ethyl adjacent to an activating group) is 2. The van der Waals surface area contributed by atoms with E-state index in [4.69, 9.17) is 11.6 Å². The van der Waals surface area contributed by atoms with E-state index in [1.54, 1.807) is 25.1 Å². The number of hydrogen-bond donors (Lipinski definition) is 1. The second-order valence-electron chi connectivity index (χ2n) is 6.94. The number of aryl methyl sites for hydroxylation is 2. The second kappa shape index (κ2) is 9.66. The zero-order valence-electron chi connectivity index (χ0n) is 16.6. The van der Waals surface area contributed by atoms with E-state index >= 15 is 0 Å². The third-order valence-electron chi connectivity index (χ3n) is 4.45. The van der Waals surface area contributed by atoms with Crippen molar-refractivity contribution in [2.75, 3.05) is 32.5 Å². The molecule has 0 bridgehead atoms. The lowest BCUT2D eigenvalue weighted by Gasteiger charge is -2.22. The molecular weight excluding hydrogens is 381 g/mol. The Bertz CT molecular complexity index is 832. The predicted octanol–water partition coefficient (Wildman–Crippen LogP) is 3.62. The van der Waals surface area contributed by atoms with Crippen molar-refractivity contribution in [1.29, 1.82) is 0 Å². The van der Waals surface area contributed by atoms with Crippen LogP contribution in [-0.2, 0) is 16.1 Å². The summed E-state index contributed by atoms with van der Waals surface area (Å²) in [7, 11) is 3.27. The van der Waals surface area contributed by atoms with Crippen molar-refractivity contribution in [2.45, 2.75) is 20.4 Å². The Balaban J connectivity index is 1.90. The summed E-state index contributed by atoms with van der Waals surface area (Å²) in [4.78, 5) is 27.7. The number of anilines is 1. The molecule has 0 spiro atoms. The van der Waals surface area contributed by atoms with E-state index in [2.05, 4.69) is 5.32 Å². The van der Waals surface area contributed by atoms with Crippen LogP contribution in [0.2, 0.25) is 5.02 Å². The van der Waals surface area contributed by atoms with Gasteiger partial charge in [-0.2, -0.15) is 0 Å². The van der Waals surface area contributed by atoms with Gasteiger partial charge in [-0.25, -0.2) is 4.39 Å². The summed E-state index contributed by atoms with van der Waals surface area (Å²) in [6.45, 7) is 4.00. The molecule has 0 aliphatic carbocycles. The van der Waals surface area contributed by atoms with Crippen LogP contribution in [0.1, 0.15) is 16.7 Å². The van der Waals surface area contributed by atoms with Crippen molar-refractivity contribution in [1.82, 2.24) is 9.80 Å². The molecule has 0 aliphatic heterocycles. The normalized spacial score (nSPS) is 10.8. The minimum Gasteiger partial charge on any atom is -0.335 e. The van der Waals surface area contributed by atoms with Crippen LogP contribution in [0.25, 0.3) is 0 Å². The monoisotopic (exact) mass is 405 g/mol. The number of rotatable bonds is 7. The van der Waals surface area contributed by atoms with Gasteiger partial charge in [0.2, 0.25) is 11.8 Å². The van der Waals surface area contributed by atoms with Crippen LogP contribution in [0.15, 0.2) is 36.4 Å². The largest absolute Gasteiger partial charge is 0.335 e. The Morgan fingerprint density at radius 2 is 1.64 bits per heavy atom. The summed E-state index contributed by atoms with van der Waals surface area (Å²) >= 11 is 6.03. The highest BCUT2D eigenvalue weighted by molar-refractivity contribution is 6.31. The summed E-state index contributed by atoms with van der Waals surface area (Å²) < 4.78 is 13.9. The van der Waals surface area contributed by atoms with Crippen molar-refractivity contribution < 1.29 is 14.0 Å². The number of benzene rings is 2. The Morgan fingerprint density at radius 1 is 1.04 bits per heavy atom. The standard InChI is InChI=1S/C21H25ClFN3O2/c1-14-7-5-8-15(2)21(14)24-19(27)12-26(4)20(28)13-25(3)11-16-17(22)9-6-10-18(16)23/h5-10H,11-13H2,1-4H3,(H,24,27). The van der Waals surface area contributed by atoms with E-state index in [9.17, 15) is 14.0 Å². The molecule has 0 unspecified atom stereocenters. The van der Waals surface area contributed by atoms with Crippen LogP contribution in [0.3, 0.4) is 0 Å². The summed E-state index contributed by atoms with van der Waals surface area (Å²) in [5.41, 5.74) is 3.03. The number of nitrogens with one attached hydrogen (secondary N) is 1. The number of amides is 2. The third kappa shape index (κ3) is 5.78. The topological polar surface area (TPSA) is 52.7 Å². The van der Waals surface area contributed by atoms with E-state index in [0.717, 1.165) is 16.8 Å². The summed E-state index contributed by atoms with van der Waals surface area (Å²) in [5.74, 6) is -0.923. The van der Waals surface area contributed by atoms with E-state index in [1.807, 2.05) is 32.0 Å². The van der Waals surface area contributed by atoms with Crippen LogP contribution >= 0.6 is 11.6 Å². The maximum absolute atomic E-state index is 13.9. The molecule has 5 nitrogen and oxygen atoms in total. The zero-order valence-corrected chi connectivity index (χ0v) is 17.3. The molecule has 28 heavy (non-hydrogen) atoms. The van der Waals surface area contributed by atoms with Gasteiger partial charge in [-0.05, 0) is 44.2 Å². The molecule has 0 radical (unpaired) electrons. The van der Waals surface area contributed by atoms with Gasteiger partial charge in [0.15, 0.2) is 0 Å². The first kappa shape index (κ1) is 21.9. The van der Waals surface area contributed by atoms with Gasteiger partial charge in [0.05, 0.1) is 13.1 Å². The van der Waals surface area contributed by atoms with E-state index < -0.39 is 5.82 Å². The fourth-order valence-corrected chi connectivity index (χ4v) is 3.08. The molecule has 0 fully saturated rings. The predicted molar refractivity (Wildman–Crippen MR) is 110 cm³/mol. The molecule has 2 aromatic carbocycles. The Labute approximate surface area is 170 Å². The second-order valence-corrected chi connectivity index (χ2v) is 7.34. The SMILES string of the molecule is Cc1cccc(C)c1NC(=O)CN(C)C(=O)CN(C)Cc1c(F)cccc1Cl. The number of carbonyl (C=O) groups excluding carboxylic acids is 2. The van der Waals surface area contributed by atoms with E-state index in [1.165, 1.54) is 17.0 Å². The smallest absolute Gasteiger partial charge is 0.243 e. The van der Waals surface area contributed by atoms with Crippen LogP contribution in [0.4, 0.5) is 10.1 Å². The highest BCUT2D eigenvalue weighted by Gasteiger charge is 2.17. The first-order chi connectivity index (χ1) is 13.2. The molecule has 1 N–H and O–H groups in total. The lowest BCUT2D eigenvalue weighted by Crippen LogP contribution is -2.40. The highest BCUT2D eigenvalue weighted by atomic mass is 35.5. The summed E-state index contributed by atoms with van der Waals surface area (Å²) in [6.07, 6.45) is 0. The van der Waals surface area contributed by atoms with Gasteiger partial charge >= 0.3 is 0 Å². The highest BCUT2D eigenvalue weighted by Crippen LogP contribution is 2.21. The molecule has 0 aliphatic rings. The Hall–Kier alpha value is -2.44. The van der Waals surface area contributed by atoms with Crippen LogP contribution in [0, 0.1) is 19.7 Å². The lowest BCUT2D eigenvalue weighted by molar-refractivity contribution is -0.134. The van der Waals surface area contributed by atoms with Gasteiger partial charge in [0.25, 0.3) is 0 Å². The molecule has 2 aromatic rings. The molecule has 0 aromatic heterocycles. The van der Waals surface area contributed by atoms with Crippen molar-refractivity contribution >= 4 is 29.1 Å². The van der Waals surface area contributed by atoms with Crippen LogP contribution < -0.4 is 5.32 Å². The fraction of sp³-hybridized carbons (Fsp3) is 0.333. The van der Waals surface area contributed by atoms with Crippen molar-refractivity contribution in [3.63, 3.8) is 0 Å². The van der Waals surface area contributed by atoms with Gasteiger partial charge in [0.1, 0.15) is 5.82 Å². The number of carbonyl (C=O) groups is 2. The Kier molecular flexibility index (Phi) is 7.54. The van der Waals surface area contributed by atoms with Gasteiger partial charge < -0.3 is 10.2 Å². The quantitative estimate of drug-likeness (QED) is 0.765. The first-order valence-corrected chi connectivity index (χ1v) is 9.28. The maximum atomic E-state index is 13.9. The van der Waals surface area contributed by atoms with E-state index in [-0.39, 0.29) is 31.4 Å². The zero-order chi connectivity index (χ0) is 20.8. The minimum atomic E-state index is -0.409. The molecule has 0 saturated carbocycles. The molecule has 0 heterocycles. The lowest BCUT2D eigenvalue weighted by atomic mass is 10.1.